The second-order valence-electron chi connectivity index (χ2n) is 2.22. The van der Waals surface area contributed by atoms with Crippen LogP contribution in [0.2, 0.25) is 0 Å². The lowest BCUT2D eigenvalue weighted by Crippen LogP contribution is -2.32. The van der Waals surface area contributed by atoms with E-state index < -0.39 is 12.1 Å². The minimum Gasteiger partial charge on any atom is -0.479 e. The third kappa shape index (κ3) is 1.54. The zero-order chi connectivity index (χ0) is 7.56. The lowest BCUT2D eigenvalue weighted by atomic mass is 10.1. The molecule has 0 aliphatic carbocycles. The maximum atomic E-state index is 10.5. The van der Waals surface area contributed by atoms with E-state index in [2.05, 4.69) is 0 Å². The van der Waals surface area contributed by atoms with Gasteiger partial charge in [-0.05, 0) is 6.42 Å². The van der Waals surface area contributed by atoms with Crippen LogP contribution in [0.5, 0.6) is 0 Å². The molecule has 0 spiro atoms. The van der Waals surface area contributed by atoms with E-state index in [4.69, 9.17) is 9.84 Å². The van der Waals surface area contributed by atoms with Crippen LogP contribution in [-0.2, 0) is 14.3 Å². The van der Waals surface area contributed by atoms with Crippen LogP contribution in [0.4, 0.5) is 0 Å². The van der Waals surface area contributed by atoms with Gasteiger partial charge in [-0.1, -0.05) is 0 Å². The standard InChI is InChI=1S/C6H8O4/c7-4-1-2-5(6(8)9)10-3-4/h5H,1-3H2,(H,8,9)/t5-/m1/s1. The summed E-state index contributed by atoms with van der Waals surface area (Å²) in [7, 11) is 0. The van der Waals surface area contributed by atoms with Crippen LogP contribution in [0, 0.1) is 0 Å². The van der Waals surface area contributed by atoms with Gasteiger partial charge in [0.25, 0.3) is 0 Å². The molecule has 4 nitrogen and oxygen atoms in total. The summed E-state index contributed by atoms with van der Waals surface area (Å²) in [6.07, 6.45) is -0.122. The molecule has 0 aromatic carbocycles. The van der Waals surface area contributed by atoms with E-state index >= 15 is 0 Å². The number of aliphatic carboxylic acids is 1. The van der Waals surface area contributed by atoms with Gasteiger partial charge in [0.05, 0.1) is 0 Å². The largest absolute Gasteiger partial charge is 0.479 e. The normalized spacial score (nSPS) is 26.4. The minimum absolute atomic E-state index is 0.0162. The predicted octanol–water partition coefficient (Wildman–Crippen LogP) is -0.181. The zero-order valence-electron chi connectivity index (χ0n) is 5.37. The van der Waals surface area contributed by atoms with E-state index in [1.807, 2.05) is 0 Å². The number of carboxylic acid groups (broad SMARTS) is 1. The average molecular weight is 144 g/mol. The summed E-state index contributed by atoms with van der Waals surface area (Å²) in [6.45, 7) is -0.0447. The molecule has 4 heteroatoms. The van der Waals surface area contributed by atoms with E-state index in [0.29, 0.717) is 12.8 Å². The molecular weight excluding hydrogens is 136 g/mol. The average Bonchev–Trinajstić information content (AvgIpc) is 1.88. The van der Waals surface area contributed by atoms with Gasteiger partial charge in [-0.25, -0.2) is 4.79 Å². The van der Waals surface area contributed by atoms with Crippen LogP contribution in [0.3, 0.4) is 0 Å². The second-order valence-corrected chi connectivity index (χ2v) is 2.22. The predicted molar refractivity (Wildman–Crippen MR) is 31.6 cm³/mol. The van der Waals surface area contributed by atoms with Crippen molar-refractivity contribution in [3.63, 3.8) is 0 Å². The Bertz CT molecular complexity index is 153. The summed E-state index contributed by atoms with van der Waals surface area (Å²) in [5.41, 5.74) is 0. The van der Waals surface area contributed by atoms with Gasteiger partial charge in [0.15, 0.2) is 11.9 Å². The van der Waals surface area contributed by atoms with Crippen molar-refractivity contribution in [3.05, 3.63) is 0 Å². The number of ether oxygens (including phenoxy) is 1. The molecule has 0 bridgehead atoms. The van der Waals surface area contributed by atoms with Crippen LogP contribution < -0.4 is 0 Å². The number of rotatable bonds is 1. The van der Waals surface area contributed by atoms with Crippen LogP contribution in [0.1, 0.15) is 12.8 Å². The van der Waals surface area contributed by atoms with Crippen LogP contribution in [0.15, 0.2) is 0 Å². The highest BCUT2D eigenvalue weighted by Crippen LogP contribution is 2.09. The Morgan fingerprint density at radius 1 is 1.70 bits per heavy atom. The molecule has 1 saturated heterocycles. The molecule has 56 valence electrons. The van der Waals surface area contributed by atoms with Gasteiger partial charge in [0.1, 0.15) is 6.61 Å². The summed E-state index contributed by atoms with van der Waals surface area (Å²) < 4.78 is 4.70. The molecule has 1 heterocycles. The van der Waals surface area contributed by atoms with Crippen molar-refractivity contribution in [2.24, 2.45) is 0 Å². The third-order valence-electron chi connectivity index (χ3n) is 1.41. The van der Waals surface area contributed by atoms with Crippen LogP contribution in [0.25, 0.3) is 0 Å². The fraction of sp³-hybridized carbons (Fsp3) is 0.667. The number of carbonyl (C=O) groups is 2. The molecular formula is C6H8O4. The Labute approximate surface area is 57.8 Å². The Morgan fingerprint density at radius 2 is 2.40 bits per heavy atom. The first kappa shape index (κ1) is 7.21. The number of hydrogen-bond acceptors (Lipinski definition) is 3. The number of hydrogen-bond donors (Lipinski definition) is 1. The van der Waals surface area contributed by atoms with Crippen molar-refractivity contribution in [3.8, 4) is 0 Å². The summed E-state index contributed by atoms with van der Waals surface area (Å²) in [4.78, 5) is 20.7. The van der Waals surface area contributed by atoms with Crippen molar-refractivity contribution in [1.29, 1.82) is 0 Å². The highest BCUT2D eigenvalue weighted by atomic mass is 16.5. The van der Waals surface area contributed by atoms with Gasteiger partial charge in [0.2, 0.25) is 0 Å². The molecule has 0 radical (unpaired) electrons. The number of carboxylic acids is 1. The second kappa shape index (κ2) is 2.79. The molecule has 1 atom stereocenters. The van der Waals surface area contributed by atoms with Gasteiger partial charge in [-0.3, -0.25) is 4.79 Å². The minimum atomic E-state index is -0.979. The molecule has 1 aliphatic heterocycles. The van der Waals surface area contributed by atoms with Crippen molar-refractivity contribution in [2.45, 2.75) is 18.9 Å². The van der Waals surface area contributed by atoms with Crippen molar-refractivity contribution >= 4 is 11.8 Å². The maximum absolute atomic E-state index is 10.5. The fourth-order valence-corrected chi connectivity index (χ4v) is 0.836. The van der Waals surface area contributed by atoms with Crippen molar-refractivity contribution in [1.82, 2.24) is 0 Å². The zero-order valence-corrected chi connectivity index (χ0v) is 5.37. The van der Waals surface area contributed by atoms with Crippen molar-refractivity contribution < 1.29 is 19.4 Å². The fourth-order valence-electron chi connectivity index (χ4n) is 0.836. The lowest BCUT2D eigenvalue weighted by molar-refractivity contribution is -0.156. The Kier molecular flexibility index (Phi) is 2.01. The molecule has 1 aliphatic rings. The van der Waals surface area contributed by atoms with E-state index in [1.165, 1.54) is 0 Å². The van der Waals surface area contributed by atoms with Gasteiger partial charge >= 0.3 is 5.97 Å². The Balaban J connectivity index is 2.40. The molecule has 1 N–H and O–H groups in total. The molecule has 0 amide bonds. The highest BCUT2D eigenvalue weighted by Gasteiger charge is 2.24. The van der Waals surface area contributed by atoms with Crippen LogP contribution >= 0.6 is 0 Å². The molecule has 0 saturated carbocycles. The van der Waals surface area contributed by atoms with E-state index in [1.54, 1.807) is 0 Å². The number of Topliss-reactive ketones (excluding diaryl/α,β-unsaturated/α-hetero) is 1. The summed E-state index contributed by atoms with van der Waals surface area (Å²) >= 11 is 0. The van der Waals surface area contributed by atoms with Gasteiger partial charge in [-0.15, -0.1) is 0 Å². The van der Waals surface area contributed by atoms with Gasteiger partial charge < -0.3 is 9.84 Å². The molecule has 0 aromatic rings. The first-order valence-electron chi connectivity index (χ1n) is 3.06. The SMILES string of the molecule is O=C1CC[C@H](C(=O)O)OC1. The van der Waals surface area contributed by atoms with E-state index in [-0.39, 0.29) is 12.4 Å². The number of carbonyl (C=O) groups excluding carboxylic acids is 1. The summed E-state index contributed by atoms with van der Waals surface area (Å²) in [5.74, 6) is -0.995. The van der Waals surface area contributed by atoms with E-state index in [9.17, 15) is 9.59 Å². The third-order valence-corrected chi connectivity index (χ3v) is 1.41. The first-order chi connectivity index (χ1) is 4.70. The quantitative estimate of drug-likeness (QED) is 0.554. The summed E-state index contributed by atoms with van der Waals surface area (Å²) in [5, 5.41) is 8.39. The van der Waals surface area contributed by atoms with Crippen molar-refractivity contribution in [2.75, 3.05) is 6.61 Å². The Hall–Kier alpha value is -0.900. The van der Waals surface area contributed by atoms with Gasteiger partial charge in [0, 0.05) is 6.42 Å². The smallest absolute Gasteiger partial charge is 0.332 e. The lowest BCUT2D eigenvalue weighted by Gasteiger charge is -2.16. The first-order valence-corrected chi connectivity index (χ1v) is 3.06. The molecule has 1 rings (SSSR count). The van der Waals surface area contributed by atoms with Gasteiger partial charge in [-0.2, -0.15) is 0 Å². The topological polar surface area (TPSA) is 63.6 Å². The van der Waals surface area contributed by atoms with Crippen LogP contribution in [-0.4, -0.2) is 29.6 Å². The summed E-state index contributed by atoms with van der Waals surface area (Å²) in [6, 6.07) is 0. The molecule has 0 unspecified atom stereocenters. The monoisotopic (exact) mass is 144 g/mol. The highest BCUT2D eigenvalue weighted by molar-refractivity contribution is 5.82. The maximum Gasteiger partial charge on any atom is 0.332 e. The molecule has 10 heavy (non-hydrogen) atoms. The molecule has 0 aromatic heterocycles. The number of ketones is 1. The van der Waals surface area contributed by atoms with E-state index in [0.717, 1.165) is 0 Å². The Morgan fingerprint density at radius 3 is 2.80 bits per heavy atom. The molecule has 1 fully saturated rings.